The fourth-order valence-corrected chi connectivity index (χ4v) is 8.73. The smallest absolute Gasteiger partial charge is 0.369 e. The minimum Gasteiger partial charge on any atom is -0.369 e. The Morgan fingerprint density at radius 1 is 0.927 bits per heavy atom. The predicted octanol–water partition coefficient (Wildman–Crippen LogP) is 3.20. The highest BCUT2D eigenvalue weighted by Gasteiger charge is 2.50. The number of hydrogen-bond acceptors (Lipinski definition) is 10. The molecule has 6 heterocycles. The Labute approximate surface area is 313 Å². The van der Waals surface area contributed by atoms with Gasteiger partial charge in [0.25, 0.3) is 17.7 Å². The largest absolute Gasteiger partial charge is 0.417 e. The van der Waals surface area contributed by atoms with Gasteiger partial charge in [-0.3, -0.25) is 43.8 Å². The van der Waals surface area contributed by atoms with Crippen LogP contribution in [0.4, 0.5) is 30.2 Å². The van der Waals surface area contributed by atoms with Crippen LogP contribution in [0.2, 0.25) is 0 Å². The van der Waals surface area contributed by atoms with Crippen LogP contribution in [0.3, 0.4) is 0 Å². The minimum absolute atomic E-state index is 0.0636. The highest BCUT2D eigenvalue weighted by molar-refractivity contribution is 6.23. The molecule has 9 rings (SSSR count). The van der Waals surface area contributed by atoms with Gasteiger partial charge in [0.15, 0.2) is 0 Å². The van der Waals surface area contributed by atoms with Crippen molar-refractivity contribution in [2.75, 3.05) is 54.4 Å². The molecule has 286 valence electrons. The molecular weight excluding hydrogens is 719 g/mol. The molecule has 0 spiro atoms. The van der Waals surface area contributed by atoms with Crippen molar-refractivity contribution in [3.63, 3.8) is 0 Å². The third-order valence-electron chi connectivity index (χ3n) is 11.8. The number of nitrogens with zero attached hydrogens (tertiary/aromatic N) is 7. The zero-order valence-electron chi connectivity index (χ0n) is 30.1. The van der Waals surface area contributed by atoms with Gasteiger partial charge in [0.05, 0.1) is 40.2 Å². The SMILES string of the molecule is CC(C)(C(=O)Nc1ccc(C#N)c(C(F)(F)F)c1)n1cc(N2CC3CC(C2)C3N2CCN(c3ccc4c(c3)C(=O)N(C3CCC(=O)NC3=O)C4=O)CC2)cn1. The summed E-state index contributed by atoms with van der Waals surface area (Å²) in [6, 6.07) is 9.23. The number of carbonyl (C=O) groups is 5. The maximum absolute atomic E-state index is 13.5. The standard InChI is InChI=1S/C38H38F3N9O5/c1-37(2,36(55)44-24-4-3-21(16-42)29(14-24)38(39,40)41)49-20-26(17-43-49)48-18-22-13-23(19-48)32(22)47-11-9-46(10-12-47)25-5-6-27-28(15-25)35(54)50(34(27)53)30-7-8-31(51)45-33(30)52/h3-6,14-15,17,20,22-23,30,32H,7-13,18-19H2,1-2H3,(H,44,55)(H,45,51,52). The van der Waals surface area contributed by atoms with E-state index in [1.165, 1.54) is 16.8 Å². The van der Waals surface area contributed by atoms with Crippen LogP contribution in [-0.2, 0) is 26.1 Å². The number of rotatable bonds is 7. The van der Waals surface area contributed by atoms with E-state index in [-0.39, 0.29) is 29.7 Å². The third-order valence-corrected chi connectivity index (χ3v) is 11.8. The number of imide groups is 2. The van der Waals surface area contributed by atoms with Crippen LogP contribution in [0.1, 0.15) is 65.0 Å². The van der Waals surface area contributed by atoms with Gasteiger partial charge in [0, 0.05) is 69.3 Å². The molecule has 3 unspecified atom stereocenters. The summed E-state index contributed by atoms with van der Waals surface area (Å²) >= 11 is 0. The topological polar surface area (TPSA) is 164 Å². The number of benzene rings is 2. The van der Waals surface area contributed by atoms with Gasteiger partial charge in [-0.15, -0.1) is 0 Å². The number of fused-ring (bicyclic) bond motifs is 3. The molecular formula is C38H38F3N9O5. The van der Waals surface area contributed by atoms with Crippen LogP contribution in [0.15, 0.2) is 48.8 Å². The molecule has 3 aromatic rings. The lowest BCUT2D eigenvalue weighted by Crippen LogP contribution is -2.67. The monoisotopic (exact) mass is 757 g/mol. The van der Waals surface area contributed by atoms with Crippen molar-refractivity contribution < 1.29 is 37.1 Å². The summed E-state index contributed by atoms with van der Waals surface area (Å²) in [6.45, 7) is 8.03. The lowest BCUT2D eigenvalue weighted by atomic mass is 9.65. The van der Waals surface area contributed by atoms with E-state index in [2.05, 4.69) is 30.4 Å². The molecule has 3 atom stereocenters. The Balaban J connectivity index is 0.864. The summed E-state index contributed by atoms with van der Waals surface area (Å²) in [5.74, 6) is -1.79. The van der Waals surface area contributed by atoms with Gasteiger partial charge in [0.2, 0.25) is 11.8 Å². The number of piperazine rings is 1. The fourth-order valence-electron chi connectivity index (χ4n) is 8.73. The van der Waals surface area contributed by atoms with E-state index in [1.807, 2.05) is 6.07 Å². The van der Waals surface area contributed by atoms with Crippen molar-refractivity contribution in [2.45, 2.75) is 56.9 Å². The molecule has 1 saturated carbocycles. The number of aromatic nitrogens is 2. The molecule has 14 nitrogen and oxygen atoms in total. The van der Waals surface area contributed by atoms with Gasteiger partial charge >= 0.3 is 6.18 Å². The average molecular weight is 758 g/mol. The van der Waals surface area contributed by atoms with Gasteiger partial charge < -0.3 is 15.1 Å². The second-order valence-electron chi connectivity index (χ2n) is 15.4. The summed E-state index contributed by atoms with van der Waals surface area (Å²) in [5.41, 5.74) is -0.737. The van der Waals surface area contributed by atoms with Crippen LogP contribution in [0.25, 0.3) is 0 Å². The van der Waals surface area contributed by atoms with Gasteiger partial charge in [-0.2, -0.15) is 23.5 Å². The number of nitrogens with one attached hydrogen (secondary N) is 2. The third kappa shape index (κ3) is 6.27. The first-order valence-electron chi connectivity index (χ1n) is 18.2. The fraction of sp³-hybridized carbons (Fsp3) is 0.447. The van der Waals surface area contributed by atoms with Crippen molar-refractivity contribution in [3.05, 3.63) is 71.0 Å². The Bertz CT molecular complexity index is 2160. The Hall–Kier alpha value is -5.76. The Morgan fingerprint density at radius 3 is 2.31 bits per heavy atom. The summed E-state index contributed by atoms with van der Waals surface area (Å²) in [4.78, 5) is 71.8. The number of alkyl halides is 3. The van der Waals surface area contributed by atoms with Gasteiger partial charge in [0.1, 0.15) is 11.6 Å². The van der Waals surface area contributed by atoms with E-state index < -0.39 is 58.4 Å². The lowest BCUT2D eigenvalue weighted by molar-refractivity contribution is -0.138. The van der Waals surface area contributed by atoms with Crippen molar-refractivity contribution in [3.8, 4) is 6.07 Å². The van der Waals surface area contributed by atoms with Gasteiger partial charge in [-0.1, -0.05) is 0 Å². The Kier molecular flexibility index (Phi) is 8.71. The van der Waals surface area contributed by atoms with Crippen molar-refractivity contribution in [1.29, 1.82) is 5.26 Å². The minimum atomic E-state index is -4.75. The first-order valence-corrected chi connectivity index (χ1v) is 18.2. The molecule has 5 fully saturated rings. The highest BCUT2D eigenvalue weighted by atomic mass is 19.4. The van der Waals surface area contributed by atoms with Crippen LogP contribution in [0.5, 0.6) is 0 Å². The van der Waals surface area contributed by atoms with Gasteiger partial charge in [-0.25, -0.2) is 0 Å². The zero-order valence-corrected chi connectivity index (χ0v) is 30.1. The molecule has 1 aliphatic carbocycles. The molecule has 0 radical (unpaired) electrons. The van der Waals surface area contributed by atoms with Crippen LogP contribution in [0, 0.1) is 23.2 Å². The van der Waals surface area contributed by atoms with Crippen molar-refractivity contribution >= 4 is 46.6 Å². The van der Waals surface area contributed by atoms with E-state index in [9.17, 15) is 37.1 Å². The maximum Gasteiger partial charge on any atom is 0.417 e. The van der Waals surface area contributed by atoms with E-state index in [0.717, 1.165) is 74.1 Å². The molecule has 2 aromatic carbocycles. The molecule has 2 bridgehead atoms. The second-order valence-corrected chi connectivity index (χ2v) is 15.4. The quantitative estimate of drug-likeness (QED) is 0.343. The molecule has 5 aliphatic heterocycles. The maximum atomic E-state index is 13.5. The molecule has 1 aromatic heterocycles. The summed E-state index contributed by atoms with van der Waals surface area (Å²) < 4.78 is 41.9. The first kappa shape index (κ1) is 36.2. The number of nitriles is 1. The first-order chi connectivity index (χ1) is 26.1. The highest BCUT2D eigenvalue weighted by Crippen LogP contribution is 2.45. The number of halogens is 3. The number of hydrogen-bond donors (Lipinski definition) is 2. The van der Waals surface area contributed by atoms with E-state index in [0.29, 0.717) is 17.9 Å². The van der Waals surface area contributed by atoms with Gasteiger partial charge in [-0.05, 0) is 74.9 Å². The van der Waals surface area contributed by atoms with Crippen LogP contribution < -0.4 is 20.4 Å². The summed E-state index contributed by atoms with van der Waals surface area (Å²) in [7, 11) is 0. The summed E-state index contributed by atoms with van der Waals surface area (Å²) in [6.07, 6.45) is 0.0240. The van der Waals surface area contributed by atoms with E-state index in [1.54, 1.807) is 38.4 Å². The number of piperidine rings is 3. The van der Waals surface area contributed by atoms with E-state index >= 15 is 0 Å². The number of carbonyl (C=O) groups excluding carboxylic acids is 5. The Morgan fingerprint density at radius 2 is 1.64 bits per heavy atom. The lowest BCUT2D eigenvalue weighted by Gasteiger charge is -2.59. The normalized spacial score (nSPS) is 24.3. The molecule has 6 aliphatic rings. The van der Waals surface area contributed by atoms with Crippen LogP contribution in [-0.4, -0.2) is 100 Å². The number of anilines is 3. The van der Waals surface area contributed by atoms with Crippen LogP contribution >= 0.6 is 0 Å². The predicted molar refractivity (Wildman–Crippen MR) is 191 cm³/mol. The second kappa shape index (κ2) is 13.2. The average Bonchev–Trinajstić information content (AvgIpc) is 3.75. The molecule has 17 heteroatoms. The molecule has 2 N–H and O–H groups in total. The number of amides is 5. The van der Waals surface area contributed by atoms with Crippen molar-refractivity contribution in [1.82, 2.24) is 24.9 Å². The van der Waals surface area contributed by atoms with Crippen molar-refractivity contribution in [2.24, 2.45) is 11.8 Å². The van der Waals surface area contributed by atoms with E-state index in [4.69, 9.17) is 5.26 Å². The molecule has 55 heavy (non-hydrogen) atoms. The molecule has 4 saturated heterocycles. The zero-order chi connectivity index (χ0) is 39.0. The molecule has 5 amide bonds. The summed E-state index contributed by atoms with van der Waals surface area (Å²) in [5, 5.41) is 18.3.